The Bertz CT molecular complexity index is 1310. The van der Waals surface area contributed by atoms with Crippen molar-refractivity contribution in [1.82, 2.24) is 30.5 Å². The van der Waals surface area contributed by atoms with E-state index >= 15 is 0 Å². The fraction of sp³-hybridized carbons (Fsp3) is 0.250. The number of carbonyl (C=O) groups is 2. The highest BCUT2D eigenvalue weighted by atomic mass is 16.6. The standard InChI is InChI=1S/C24H24N6O4/c1-3-12-34-24(33)30(15(2)23(31)32)14-16-8-10-20-17(13-16)9-11-21(25-20)18-6-4-5-7-19(18)22-26-28-29-27-22/h4-11,13,15H,3,12,14H2,1-2H3,(H,31,32)(H,26,27,28,29)/t15-/m0/s1. The van der Waals surface area contributed by atoms with Crippen molar-refractivity contribution in [3.8, 4) is 22.6 Å². The molecular weight excluding hydrogens is 436 g/mol. The summed E-state index contributed by atoms with van der Waals surface area (Å²) in [4.78, 5) is 30.0. The van der Waals surface area contributed by atoms with E-state index in [1.807, 2.05) is 61.5 Å². The number of aromatic amines is 1. The number of carboxylic acids is 1. The number of carbonyl (C=O) groups excluding carboxylic acids is 1. The Kier molecular flexibility index (Phi) is 6.77. The van der Waals surface area contributed by atoms with Crippen LogP contribution < -0.4 is 0 Å². The molecule has 1 amide bonds. The smallest absolute Gasteiger partial charge is 0.410 e. The first-order valence-electron chi connectivity index (χ1n) is 10.9. The highest BCUT2D eigenvalue weighted by molar-refractivity contribution is 5.86. The van der Waals surface area contributed by atoms with Crippen LogP contribution >= 0.6 is 0 Å². The molecule has 10 nitrogen and oxygen atoms in total. The van der Waals surface area contributed by atoms with Crippen molar-refractivity contribution in [2.75, 3.05) is 6.61 Å². The Balaban J connectivity index is 1.63. The number of pyridine rings is 1. The van der Waals surface area contributed by atoms with Crippen molar-refractivity contribution in [2.45, 2.75) is 32.9 Å². The lowest BCUT2D eigenvalue weighted by Crippen LogP contribution is -2.43. The van der Waals surface area contributed by atoms with Crippen LogP contribution in [0.25, 0.3) is 33.5 Å². The third-order valence-corrected chi connectivity index (χ3v) is 5.40. The number of hydrogen-bond acceptors (Lipinski definition) is 7. The van der Waals surface area contributed by atoms with Crippen molar-refractivity contribution < 1.29 is 19.4 Å². The van der Waals surface area contributed by atoms with Gasteiger partial charge in [0.05, 0.1) is 17.8 Å². The molecule has 2 N–H and O–H groups in total. The monoisotopic (exact) mass is 460 g/mol. The summed E-state index contributed by atoms with van der Waals surface area (Å²) < 4.78 is 5.19. The van der Waals surface area contributed by atoms with Crippen LogP contribution in [0, 0.1) is 0 Å². The van der Waals surface area contributed by atoms with Crippen molar-refractivity contribution in [3.05, 3.63) is 60.2 Å². The largest absolute Gasteiger partial charge is 0.480 e. The molecular formula is C24H24N6O4. The molecule has 2 aromatic heterocycles. The molecule has 0 bridgehead atoms. The van der Waals surface area contributed by atoms with Gasteiger partial charge in [-0.2, -0.15) is 0 Å². The first-order valence-corrected chi connectivity index (χ1v) is 10.9. The first-order chi connectivity index (χ1) is 16.5. The van der Waals surface area contributed by atoms with Gasteiger partial charge in [0.1, 0.15) is 6.04 Å². The van der Waals surface area contributed by atoms with E-state index in [1.165, 1.54) is 11.8 Å². The molecule has 1 atom stereocenters. The van der Waals surface area contributed by atoms with Crippen LogP contribution in [-0.2, 0) is 16.1 Å². The average molecular weight is 460 g/mol. The second kappa shape index (κ2) is 10.1. The number of nitrogens with zero attached hydrogens (tertiary/aromatic N) is 5. The first kappa shape index (κ1) is 22.8. The van der Waals surface area contributed by atoms with E-state index in [-0.39, 0.29) is 13.2 Å². The quantitative estimate of drug-likeness (QED) is 0.404. The van der Waals surface area contributed by atoms with Gasteiger partial charge in [-0.15, -0.1) is 5.10 Å². The summed E-state index contributed by atoms with van der Waals surface area (Å²) in [5.41, 5.74) is 4.01. The molecule has 4 rings (SSSR count). The van der Waals surface area contributed by atoms with Gasteiger partial charge < -0.3 is 9.84 Å². The number of fused-ring (bicyclic) bond motifs is 1. The number of ether oxygens (including phenoxy) is 1. The maximum Gasteiger partial charge on any atom is 0.410 e. The Morgan fingerprint density at radius 3 is 2.62 bits per heavy atom. The minimum atomic E-state index is -1.10. The van der Waals surface area contributed by atoms with Gasteiger partial charge in [0.25, 0.3) is 0 Å². The summed E-state index contributed by atoms with van der Waals surface area (Å²) in [5.74, 6) is -0.545. The SMILES string of the molecule is CCCOC(=O)N(Cc1ccc2nc(-c3ccccc3-c3nnn[nH]3)ccc2c1)[C@@H](C)C(=O)O. The summed E-state index contributed by atoms with van der Waals surface area (Å²) in [6, 6.07) is 16.1. The van der Waals surface area contributed by atoms with E-state index in [2.05, 4.69) is 20.6 Å². The van der Waals surface area contributed by atoms with Crippen molar-refractivity contribution >= 4 is 23.0 Å². The van der Waals surface area contributed by atoms with Crippen LogP contribution in [0.3, 0.4) is 0 Å². The summed E-state index contributed by atoms with van der Waals surface area (Å²) in [6.07, 6.45) is 0.00462. The predicted octanol–water partition coefficient (Wildman–Crippen LogP) is 3.90. The lowest BCUT2D eigenvalue weighted by molar-refractivity contribution is -0.142. The molecule has 0 saturated heterocycles. The van der Waals surface area contributed by atoms with Crippen LogP contribution in [0.5, 0.6) is 0 Å². The summed E-state index contributed by atoms with van der Waals surface area (Å²) in [6.45, 7) is 3.68. The van der Waals surface area contributed by atoms with E-state index in [9.17, 15) is 14.7 Å². The van der Waals surface area contributed by atoms with Crippen LogP contribution in [0.2, 0.25) is 0 Å². The maximum absolute atomic E-state index is 12.5. The van der Waals surface area contributed by atoms with Gasteiger partial charge in [0.2, 0.25) is 0 Å². The minimum Gasteiger partial charge on any atom is -0.480 e. The number of amides is 1. The van der Waals surface area contributed by atoms with Gasteiger partial charge in [0.15, 0.2) is 5.82 Å². The predicted molar refractivity (Wildman–Crippen MR) is 125 cm³/mol. The molecule has 0 saturated carbocycles. The molecule has 0 aliphatic rings. The van der Waals surface area contributed by atoms with Crippen LogP contribution in [0.4, 0.5) is 4.79 Å². The van der Waals surface area contributed by atoms with Gasteiger partial charge in [-0.3, -0.25) is 4.90 Å². The highest BCUT2D eigenvalue weighted by Gasteiger charge is 2.27. The number of H-pyrrole nitrogens is 1. The van der Waals surface area contributed by atoms with E-state index in [4.69, 9.17) is 9.72 Å². The van der Waals surface area contributed by atoms with E-state index in [0.29, 0.717) is 12.2 Å². The summed E-state index contributed by atoms with van der Waals surface area (Å²) in [5, 5.41) is 24.4. The number of benzene rings is 2. The molecule has 0 spiro atoms. The summed E-state index contributed by atoms with van der Waals surface area (Å²) >= 11 is 0. The Morgan fingerprint density at radius 1 is 1.12 bits per heavy atom. The van der Waals surface area contributed by atoms with Gasteiger partial charge in [0, 0.05) is 23.1 Å². The second-order valence-corrected chi connectivity index (χ2v) is 7.78. The third-order valence-electron chi connectivity index (χ3n) is 5.40. The van der Waals surface area contributed by atoms with Gasteiger partial charge in [-0.25, -0.2) is 19.7 Å². The van der Waals surface area contributed by atoms with Gasteiger partial charge >= 0.3 is 12.1 Å². The van der Waals surface area contributed by atoms with Crippen LogP contribution in [-0.4, -0.2) is 60.3 Å². The maximum atomic E-state index is 12.5. The summed E-state index contributed by atoms with van der Waals surface area (Å²) in [7, 11) is 0. The number of hydrogen-bond donors (Lipinski definition) is 2. The van der Waals surface area contributed by atoms with Crippen LogP contribution in [0.1, 0.15) is 25.8 Å². The molecule has 0 aliphatic carbocycles. The Labute approximate surface area is 195 Å². The number of carboxylic acid groups (broad SMARTS) is 1. The normalized spacial score (nSPS) is 11.8. The van der Waals surface area contributed by atoms with Crippen molar-refractivity contribution in [1.29, 1.82) is 0 Å². The number of nitrogens with one attached hydrogen (secondary N) is 1. The number of aromatic nitrogens is 5. The number of aliphatic carboxylic acids is 1. The van der Waals surface area contributed by atoms with Gasteiger partial charge in [-0.05, 0) is 47.5 Å². The Morgan fingerprint density at radius 2 is 1.91 bits per heavy atom. The molecule has 0 unspecified atom stereocenters. The lowest BCUT2D eigenvalue weighted by atomic mass is 10.0. The minimum absolute atomic E-state index is 0.106. The third kappa shape index (κ3) is 4.85. The average Bonchev–Trinajstić information content (AvgIpc) is 3.40. The number of tetrazole rings is 1. The molecule has 2 aromatic carbocycles. The lowest BCUT2D eigenvalue weighted by Gasteiger charge is -2.26. The zero-order valence-electron chi connectivity index (χ0n) is 18.8. The van der Waals surface area contributed by atoms with Crippen molar-refractivity contribution in [2.24, 2.45) is 0 Å². The number of rotatable bonds is 8. The Hall–Kier alpha value is -4.34. The fourth-order valence-corrected chi connectivity index (χ4v) is 3.57. The zero-order valence-corrected chi connectivity index (χ0v) is 18.8. The molecule has 0 radical (unpaired) electrons. The molecule has 34 heavy (non-hydrogen) atoms. The molecule has 0 aliphatic heterocycles. The molecule has 2 heterocycles. The zero-order chi connectivity index (χ0) is 24.1. The second-order valence-electron chi connectivity index (χ2n) is 7.78. The van der Waals surface area contributed by atoms with E-state index in [0.717, 1.165) is 33.3 Å². The molecule has 4 aromatic rings. The van der Waals surface area contributed by atoms with E-state index in [1.54, 1.807) is 0 Å². The highest BCUT2D eigenvalue weighted by Crippen LogP contribution is 2.30. The molecule has 174 valence electrons. The van der Waals surface area contributed by atoms with E-state index < -0.39 is 18.1 Å². The van der Waals surface area contributed by atoms with Gasteiger partial charge in [-0.1, -0.05) is 43.3 Å². The molecule has 0 fully saturated rings. The topological polar surface area (TPSA) is 134 Å². The van der Waals surface area contributed by atoms with Crippen LogP contribution in [0.15, 0.2) is 54.6 Å². The fourth-order valence-electron chi connectivity index (χ4n) is 3.57. The molecule has 10 heteroatoms. The van der Waals surface area contributed by atoms with Crippen molar-refractivity contribution in [3.63, 3.8) is 0 Å².